The number of rotatable bonds is 3. The van der Waals surface area contributed by atoms with E-state index in [2.05, 4.69) is 17.3 Å². The number of aromatic nitrogens is 2. The van der Waals surface area contributed by atoms with E-state index in [1.807, 2.05) is 23.9 Å². The summed E-state index contributed by atoms with van der Waals surface area (Å²) in [5.74, 6) is 1.42. The SMILES string of the molecule is CC(Nc1cc2c(cc1Cl)OCCO2)c1ccnn1C. The first-order valence-electron chi connectivity index (χ1n) is 6.49. The van der Waals surface area contributed by atoms with Crippen molar-refractivity contribution in [3.8, 4) is 11.5 Å². The third-order valence-corrected chi connectivity index (χ3v) is 3.62. The van der Waals surface area contributed by atoms with Gasteiger partial charge in [0.25, 0.3) is 0 Å². The van der Waals surface area contributed by atoms with Crippen LogP contribution in [0.1, 0.15) is 18.7 Å². The highest BCUT2D eigenvalue weighted by atomic mass is 35.5. The lowest BCUT2D eigenvalue weighted by molar-refractivity contribution is 0.171. The zero-order chi connectivity index (χ0) is 14.1. The van der Waals surface area contributed by atoms with E-state index in [4.69, 9.17) is 21.1 Å². The number of hydrogen-bond donors (Lipinski definition) is 1. The number of fused-ring (bicyclic) bond motifs is 1. The fraction of sp³-hybridized carbons (Fsp3) is 0.357. The van der Waals surface area contributed by atoms with E-state index in [1.54, 1.807) is 12.3 Å². The number of nitrogens with zero attached hydrogens (tertiary/aromatic N) is 2. The summed E-state index contributed by atoms with van der Waals surface area (Å²) >= 11 is 6.29. The van der Waals surface area contributed by atoms with E-state index in [0.717, 1.165) is 17.1 Å². The number of halogens is 1. The van der Waals surface area contributed by atoms with E-state index in [-0.39, 0.29) is 6.04 Å². The third kappa shape index (κ3) is 2.41. The van der Waals surface area contributed by atoms with Gasteiger partial charge in [-0.15, -0.1) is 0 Å². The maximum atomic E-state index is 6.29. The zero-order valence-electron chi connectivity index (χ0n) is 11.4. The van der Waals surface area contributed by atoms with Crippen molar-refractivity contribution in [2.75, 3.05) is 18.5 Å². The molecule has 3 rings (SSSR count). The Bertz CT molecular complexity index is 627. The molecule has 1 aliphatic heterocycles. The summed E-state index contributed by atoms with van der Waals surface area (Å²) in [6.45, 7) is 3.18. The topological polar surface area (TPSA) is 48.3 Å². The van der Waals surface area contributed by atoms with Crippen molar-refractivity contribution in [3.63, 3.8) is 0 Å². The standard InChI is InChI=1S/C14H16ClN3O2/c1-9(12-3-4-16-18(12)2)17-11-8-14-13(7-10(11)15)19-5-6-20-14/h3-4,7-9,17H,5-6H2,1-2H3. The van der Waals surface area contributed by atoms with Gasteiger partial charge in [0, 0.05) is 25.4 Å². The number of hydrogen-bond acceptors (Lipinski definition) is 4. The van der Waals surface area contributed by atoms with Gasteiger partial charge in [0.15, 0.2) is 11.5 Å². The predicted octanol–water partition coefficient (Wildman–Crippen LogP) is 3.02. The van der Waals surface area contributed by atoms with E-state index < -0.39 is 0 Å². The maximum Gasteiger partial charge on any atom is 0.163 e. The molecule has 1 N–H and O–H groups in total. The van der Waals surface area contributed by atoms with Gasteiger partial charge in [0.05, 0.1) is 22.4 Å². The van der Waals surface area contributed by atoms with Crippen LogP contribution in [0.2, 0.25) is 5.02 Å². The van der Waals surface area contributed by atoms with Crippen LogP contribution in [-0.4, -0.2) is 23.0 Å². The van der Waals surface area contributed by atoms with Crippen molar-refractivity contribution in [1.29, 1.82) is 0 Å². The summed E-state index contributed by atoms with van der Waals surface area (Å²) in [6.07, 6.45) is 1.78. The third-order valence-electron chi connectivity index (χ3n) is 3.31. The Kier molecular flexibility index (Phi) is 3.44. The maximum absolute atomic E-state index is 6.29. The van der Waals surface area contributed by atoms with Crippen molar-refractivity contribution < 1.29 is 9.47 Å². The van der Waals surface area contributed by atoms with Gasteiger partial charge in [-0.3, -0.25) is 4.68 Å². The van der Waals surface area contributed by atoms with Gasteiger partial charge in [-0.1, -0.05) is 11.6 Å². The largest absolute Gasteiger partial charge is 0.486 e. The summed E-state index contributed by atoms with van der Waals surface area (Å²) < 4.78 is 12.9. The van der Waals surface area contributed by atoms with Crippen LogP contribution in [0.3, 0.4) is 0 Å². The highest BCUT2D eigenvalue weighted by Crippen LogP contribution is 2.39. The minimum atomic E-state index is 0.0857. The molecule has 0 radical (unpaired) electrons. The highest BCUT2D eigenvalue weighted by Gasteiger charge is 2.17. The molecule has 5 nitrogen and oxygen atoms in total. The molecule has 0 bridgehead atoms. The van der Waals surface area contributed by atoms with Gasteiger partial charge in [-0.05, 0) is 13.0 Å². The second-order valence-electron chi connectivity index (χ2n) is 4.72. The normalized spacial score (nSPS) is 14.9. The number of aryl methyl sites for hydroxylation is 1. The summed E-state index contributed by atoms with van der Waals surface area (Å²) in [6, 6.07) is 5.73. The molecule has 106 valence electrons. The van der Waals surface area contributed by atoms with Crippen molar-refractivity contribution >= 4 is 17.3 Å². The Morgan fingerprint density at radius 2 is 2.00 bits per heavy atom. The van der Waals surface area contributed by atoms with Crippen molar-refractivity contribution in [2.24, 2.45) is 7.05 Å². The summed E-state index contributed by atoms with van der Waals surface area (Å²) in [5.41, 5.74) is 1.90. The number of anilines is 1. The Balaban J connectivity index is 1.85. The summed E-state index contributed by atoms with van der Waals surface area (Å²) in [7, 11) is 1.92. The molecule has 0 amide bonds. The molecule has 1 unspecified atom stereocenters. The van der Waals surface area contributed by atoms with Gasteiger partial charge in [0.2, 0.25) is 0 Å². The molecule has 0 spiro atoms. The predicted molar refractivity (Wildman–Crippen MR) is 77.7 cm³/mol. The fourth-order valence-corrected chi connectivity index (χ4v) is 2.50. The molecule has 0 saturated carbocycles. The first-order valence-corrected chi connectivity index (χ1v) is 6.86. The second kappa shape index (κ2) is 5.25. The first kappa shape index (κ1) is 13.1. The molecule has 1 aliphatic rings. The lowest BCUT2D eigenvalue weighted by Gasteiger charge is -2.22. The van der Waals surface area contributed by atoms with Gasteiger partial charge in [0.1, 0.15) is 13.2 Å². The number of benzene rings is 1. The van der Waals surface area contributed by atoms with Gasteiger partial charge < -0.3 is 14.8 Å². The van der Waals surface area contributed by atoms with Crippen LogP contribution < -0.4 is 14.8 Å². The van der Waals surface area contributed by atoms with E-state index in [1.165, 1.54) is 0 Å². The van der Waals surface area contributed by atoms with Crippen LogP contribution in [0.5, 0.6) is 11.5 Å². The van der Waals surface area contributed by atoms with Crippen LogP contribution >= 0.6 is 11.6 Å². The second-order valence-corrected chi connectivity index (χ2v) is 5.13. The van der Waals surface area contributed by atoms with Crippen LogP contribution in [0, 0.1) is 0 Å². The number of nitrogens with one attached hydrogen (secondary N) is 1. The molecule has 1 aromatic carbocycles. The lowest BCUT2D eigenvalue weighted by atomic mass is 10.2. The Hall–Kier alpha value is -1.88. The van der Waals surface area contributed by atoms with Gasteiger partial charge >= 0.3 is 0 Å². The van der Waals surface area contributed by atoms with Crippen LogP contribution in [0.4, 0.5) is 5.69 Å². The minimum Gasteiger partial charge on any atom is -0.486 e. The molecule has 2 heterocycles. The average molecular weight is 294 g/mol. The summed E-state index contributed by atoms with van der Waals surface area (Å²) in [4.78, 5) is 0. The van der Waals surface area contributed by atoms with Crippen molar-refractivity contribution in [2.45, 2.75) is 13.0 Å². The lowest BCUT2D eigenvalue weighted by Crippen LogP contribution is -2.16. The fourth-order valence-electron chi connectivity index (χ4n) is 2.29. The Morgan fingerprint density at radius 1 is 1.30 bits per heavy atom. The average Bonchev–Trinajstić information content (AvgIpc) is 2.86. The van der Waals surface area contributed by atoms with Gasteiger partial charge in [-0.2, -0.15) is 5.10 Å². The monoisotopic (exact) mass is 293 g/mol. The van der Waals surface area contributed by atoms with Crippen LogP contribution in [0.15, 0.2) is 24.4 Å². The first-order chi connectivity index (χ1) is 9.65. The molecule has 1 aromatic heterocycles. The number of ether oxygens (including phenoxy) is 2. The molecular weight excluding hydrogens is 278 g/mol. The van der Waals surface area contributed by atoms with E-state index >= 15 is 0 Å². The molecule has 1 atom stereocenters. The van der Waals surface area contributed by atoms with Crippen molar-refractivity contribution in [1.82, 2.24) is 9.78 Å². The Labute approximate surface area is 122 Å². The molecule has 0 fully saturated rings. The quantitative estimate of drug-likeness (QED) is 0.945. The van der Waals surface area contributed by atoms with E-state index in [0.29, 0.717) is 24.0 Å². The molecule has 0 aliphatic carbocycles. The Morgan fingerprint density at radius 3 is 2.65 bits per heavy atom. The van der Waals surface area contributed by atoms with Crippen LogP contribution in [-0.2, 0) is 7.05 Å². The molecule has 6 heteroatoms. The smallest absolute Gasteiger partial charge is 0.163 e. The molecule has 0 saturated heterocycles. The highest BCUT2D eigenvalue weighted by molar-refractivity contribution is 6.33. The van der Waals surface area contributed by atoms with Crippen LogP contribution in [0.25, 0.3) is 0 Å². The molecule has 20 heavy (non-hydrogen) atoms. The summed E-state index contributed by atoms with van der Waals surface area (Å²) in [5, 5.41) is 8.16. The minimum absolute atomic E-state index is 0.0857. The molecule has 2 aromatic rings. The van der Waals surface area contributed by atoms with Crippen molar-refractivity contribution in [3.05, 3.63) is 35.1 Å². The van der Waals surface area contributed by atoms with Gasteiger partial charge in [-0.25, -0.2) is 0 Å². The van der Waals surface area contributed by atoms with E-state index in [9.17, 15) is 0 Å². The molecular formula is C14H16ClN3O2. The zero-order valence-corrected chi connectivity index (χ0v) is 12.1.